The number of carbonyl (C=O) groups excluding carboxylic acids is 1. The highest BCUT2D eigenvalue weighted by Gasteiger charge is 2.19. The maximum absolute atomic E-state index is 11.8. The van der Waals surface area contributed by atoms with Gasteiger partial charge in [0, 0.05) is 19.6 Å². The SMILES string of the molecule is CCN(CC(C)C(=O)O)C(=O)NCCC(C)(C)C. The summed E-state index contributed by atoms with van der Waals surface area (Å²) >= 11 is 0. The third kappa shape index (κ3) is 7.14. The van der Waals surface area contributed by atoms with E-state index in [0.29, 0.717) is 13.1 Å². The van der Waals surface area contributed by atoms with Crippen molar-refractivity contribution in [2.45, 2.75) is 41.0 Å². The van der Waals surface area contributed by atoms with Crippen LogP contribution in [0.15, 0.2) is 0 Å². The number of amides is 2. The summed E-state index contributed by atoms with van der Waals surface area (Å²) in [5.41, 5.74) is 0.179. The van der Waals surface area contributed by atoms with Crippen LogP contribution >= 0.6 is 0 Å². The van der Waals surface area contributed by atoms with Crippen LogP contribution < -0.4 is 5.32 Å². The van der Waals surface area contributed by atoms with Crippen molar-refractivity contribution in [2.24, 2.45) is 11.3 Å². The van der Waals surface area contributed by atoms with E-state index in [9.17, 15) is 9.59 Å². The number of hydrogen-bond acceptors (Lipinski definition) is 2. The summed E-state index contributed by atoms with van der Waals surface area (Å²) in [7, 11) is 0. The lowest BCUT2D eigenvalue weighted by Crippen LogP contribution is -2.43. The van der Waals surface area contributed by atoms with E-state index < -0.39 is 11.9 Å². The quantitative estimate of drug-likeness (QED) is 0.767. The zero-order valence-corrected chi connectivity index (χ0v) is 12.1. The molecule has 5 nitrogen and oxygen atoms in total. The highest BCUT2D eigenvalue weighted by molar-refractivity contribution is 5.75. The van der Waals surface area contributed by atoms with Gasteiger partial charge in [-0.25, -0.2) is 4.79 Å². The third-order valence-electron chi connectivity index (χ3n) is 2.74. The van der Waals surface area contributed by atoms with Gasteiger partial charge in [-0.1, -0.05) is 27.7 Å². The number of nitrogens with zero attached hydrogens (tertiary/aromatic N) is 1. The molecule has 106 valence electrons. The first-order valence-electron chi connectivity index (χ1n) is 6.43. The molecule has 0 aromatic rings. The fourth-order valence-electron chi connectivity index (χ4n) is 1.42. The topological polar surface area (TPSA) is 69.6 Å². The smallest absolute Gasteiger partial charge is 0.317 e. The first-order valence-corrected chi connectivity index (χ1v) is 6.43. The molecule has 0 heterocycles. The predicted molar refractivity (Wildman–Crippen MR) is 71.5 cm³/mol. The van der Waals surface area contributed by atoms with Crippen LogP contribution in [-0.4, -0.2) is 41.6 Å². The first-order chi connectivity index (χ1) is 8.17. The Balaban J connectivity index is 4.15. The molecule has 0 fully saturated rings. The van der Waals surface area contributed by atoms with Crippen LogP contribution in [0.3, 0.4) is 0 Å². The van der Waals surface area contributed by atoms with Crippen molar-refractivity contribution in [3.05, 3.63) is 0 Å². The molecule has 0 aliphatic heterocycles. The van der Waals surface area contributed by atoms with Crippen LogP contribution in [0, 0.1) is 11.3 Å². The molecule has 0 aliphatic rings. The average Bonchev–Trinajstić information content (AvgIpc) is 2.23. The van der Waals surface area contributed by atoms with Gasteiger partial charge >= 0.3 is 12.0 Å². The van der Waals surface area contributed by atoms with Crippen molar-refractivity contribution in [3.63, 3.8) is 0 Å². The number of carbonyl (C=O) groups is 2. The van der Waals surface area contributed by atoms with Gasteiger partial charge in [-0.05, 0) is 18.8 Å². The molecule has 5 heteroatoms. The van der Waals surface area contributed by atoms with E-state index >= 15 is 0 Å². The van der Waals surface area contributed by atoms with E-state index in [4.69, 9.17) is 5.11 Å². The Hall–Kier alpha value is -1.26. The highest BCUT2D eigenvalue weighted by atomic mass is 16.4. The minimum Gasteiger partial charge on any atom is -0.481 e. The fourth-order valence-corrected chi connectivity index (χ4v) is 1.42. The van der Waals surface area contributed by atoms with E-state index in [1.54, 1.807) is 6.92 Å². The number of hydrogen-bond donors (Lipinski definition) is 2. The number of urea groups is 1. The molecule has 1 unspecified atom stereocenters. The van der Waals surface area contributed by atoms with Crippen molar-refractivity contribution >= 4 is 12.0 Å². The summed E-state index contributed by atoms with van der Waals surface area (Å²) in [6.07, 6.45) is 0.894. The molecule has 2 amide bonds. The van der Waals surface area contributed by atoms with Gasteiger partial charge in [-0.15, -0.1) is 0 Å². The maximum atomic E-state index is 11.8. The van der Waals surface area contributed by atoms with Gasteiger partial charge < -0.3 is 15.3 Å². The summed E-state index contributed by atoms with van der Waals surface area (Å²) in [6.45, 7) is 11.2. The Kier molecular flexibility index (Phi) is 6.73. The van der Waals surface area contributed by atoms with E-state index in [0.717, 1.165) is 6.42 Å². The summed E-state index contributed by atoms with van der Waals surface area (Å²) in [4.78, 5) is 24.1. The molecule has 2 N–H and O–H groups in total. The zero-order chi connectivity index (χ0) is 14.3. The fraction of sp³-hybridized carbons (Fsp3) is 0.846. The number of aliphatic carboxylic acids is 1. The lowest BCUT2D eigenvalue weighted by Gasteiger charge is -2.24. The van der Waals surface area contributed by atoms with Crippen LogP contribution in [0.5, 0.6) is 0 Å². The molecule has 1 atom stereocenters. The molecule has 0 aromatic carbocycles. The van der Waals surface area contributed by atoms with Gasteiger partial charge in [0.2, 0.25) is 0 Å². The summed E-state index contributed by atoms with van der Waals surface area (Å²) in [5, 5.41) is 11.7. The minimum absolute atomic E-state index is 0.179. The summed E-state index contributed by atoms with van der Waals surface area (Å²) in [6, 6.07) is -0.185. The molecule has 0 spiro atoms. The molecule has 0 saturated heterocycles. The second kappa shape index (κ2) is 7.24. The van der Waals surface area contributed by atoms with E-state index in [1.807, 2.05) is 6.92 Å². The molecular weight excluding hydrogens is 232 g/mol. The van der Waals surface area contributed by atoms with Crippen molar-refractivity contribution in [1.82, 2.24) is 10.2 Å². The largest absolute Gasteiger partial charge is 0.481 e. The van der Waals surface area contributed by atoms with Gasteiger partial charge in [0.05, 0.1) is 5.92 Å². The van der Waals surface area contributed by atoms with Gasteiger partial charge in [0.15, 0.2) is 0 Å². The Morgan fingerprint density at radius 3 is 2.28 bits per heavy atom. The molecule has 0 bridgehead atoms. The van der Waals surface area contributed by atoms with E-state index in [-0.39, 0.29) is 18.0 Å². The van der Waals surface area contributed by atoms with E-state index in [2.05, 4.69) is 26.1 Å². The monoisotopic (exact) mass is 258 g/mol. The van der Waals surface area contributed by atoms with Crippen molar-refractivity contribution in [3.8, 4) is 0 Å². The molecule has 0 saturated carbocycles. The molecule has 0 rings (SSSR count). The molecule has 0 aliphatic carbocycles. The molecule has 0 radical (unpaired) electrons. The minimum atomic E-state index is -0.879. The summed E-state index contributed by atoms with van der Waals surface area (Å²) in [5.74, 6) is -1.42. The lowest BCUT2D eigenvalue weighted by atomic mass is 9.92. The third-order valence-corrected chi connectivity index (χ3v) is 2.74. The molecular formula is C13H26N2O3. The maximum Gasteiger partial charge on any atom is 0.317 e. The highest BCUT2D eigenvalue weighted by Crippen LogP contribution is 2.16. The first kappa shape index (κ1) is 16.7. The van der Waals surface area contributed by atoms with Crippen LogP contribution in [0.25, 0.3) is 0 Å². The number of rotatable bonds is 6. The van der Waals surface area contributed by atoms with Crippen molar-refractivity contribution in [1.29, 1.82) is 0 Å². The Labute approximate surface area is 110 Å². The van der Waals surface area contributed by atoms with Crippen molar-refractivity contribution < 1.29 is 14.7 Å². The number of carboxylic acid groups (broad SMARTS) is 1. The van der Waals surface area contributed by atoms with Crippen LogP contribution in [-0.2, 0) is 4.79 Å². The molecule has 0 aromatic heterocycles. The van der Waals surface area contributed by atoms with E-state index in [1.165, 1.54) is 4.90 Å². The normalized spacial score (nSPS) is 12.9. The Morgan fingerprint density at radius 2 is 1.89 bits per heavy atom. The lowest BCUT2D eigenvalue weighted by molar-refractivity contribution is -0.141. The predicted octanol–water partition coefficient (Wildman–Crippen LogP) is 2.17. The van der Waals surface area contributed by atoms with Gasteiger partial charge in [0.1, 0.15) is 0 Å². The zero-order valence-electron chi connectivity index (χ0n) is 12.1. The number of nitrogens with one attached hydrogen (secondary N) is 1. The Bertz CT molecular complexity index is 284. The average molecular weight is 258 g/mol. The Morgan fingerprint density at radius 1 is 1.33 bits per heavy atom. The van der Waals surface area contributed by atoms with Crippen molar-refractivity contribution in [2.75, 3.05) is 19.6 Å². The second-order valence-electron chi connectivity index (χ2n) is 5.82. The molecule has 18 heavy (non-hydrogen) atoms. The van der Waals surface area contributed by atoms with Crippen LogP contribution in [0.4, 0.5) is 4.79 Å². The summed E-state index contributed by atoms with van der Waals surface area (Å²) < 4.78 is 0. The van der Waals surface area contributed by atoms with Crippen LogP contribution in [0.1, 0.15) is 41.0 Å². The van der Waals surface area contributed by atoms with Gasteiger partial charge in [-0.3, -0.25) is 4.79 Å². The standard InChI is InChI=1S/C13H26N2O3/c1-6-15(9-10(2)11(16)17)12(18)14-8-7-13(3,4)5/h10H,6-9H2,1-5H3,(H,14,18)(H,16,17). The van der Waals surface area contributed by atoms with Gasteiger partial charge in [0.25, 0.3) is 0 Å². The van der Waals surface area contributed by atoms with Gasteiger partial charge in [-0.2, -0.15) is 0 Å². The number of carboxylic acids is 1. The van der Waals surface area contributed by atoms with Crippen LogP contribution in [0.2, 0.25) is 0 Å². The second-order valence-corrected chi connectivity index (χ2v) is 5.82.